The second-order valence-electron chi connectivity index (χ2n) is 11.3. The number of rotatable bonds is 10. The Morgan fingerprint density at radius 1 is 1.05 bits per heavy atom. The first-order valence-corrected chi connectivity index (χ1v) is 13.5. The zero-order valence-electron chi connectivity index (χ0n) is 24.3. The molecule has 2 heterocycles. The van der Waals surface area contributed by atoms with Gasteiger partial charge in [-0.05, 0) is 44.6 Å². The zero-order chi connectivity index (χ0) is 30.6. The summed E-state index contributed by atoms with van der Waals surface area (Å²) < 4.78 is 38.2. The summed E-state index contributed by atoms with van der Waals surface area (Å²) in [6.07, 6.45) is 0.184. The van der Waals surface area contributed by atoms with Crippen molar-refractivity contribution in [1.29, 1.82) is 0 Å². The summed E-state index contributed by atoms with van der Waals surface area (Å²) in [5.74, 6) is -4.24. The third kappa shape index (κ3) is 6.88. The average molecular weight is 578 g/mol. The molecule has 0 radical (unpaired) electrons. The average Bonchev–Trinajstić information content (AvgIpc) is 3.59. The van der Waals surface area contributed by atoms with Crippen LogP contribution in [-0.4, -0.2) is 70.6 Å². The Balaban J connectivity index is 1.79. The normalized spacial score (nSPS) is 17.0. The lowest BCUT2D eigenvalue weighted by atomic mass is 9.84. The highest BCUT2D eigenvalue weighted by Gasteiger charge is 2.41. The van der Waals surface area contributed by atoms with Crippen molar-refractivity contribution >= 4 is 23.7 Å². The van der Waals surface area contributed by atoms with Gasteiger partial charge in [0.2, 0.25) is 23.5 Å². The van der Waals surface area contributed by atoms with Crippen LogP contribution < -0.4 is 10.6 Å². The summed E-state index contributed by atoms with van der Waals surface area (Å²) in [6.45, 7) is 10.5. The molecule has 0 bridgehead atoms. The second kappa shape index (κ2) is 12.7. The van der Waals surface area contributed by atoms with E-state index >= 15 is 0 Å². The van der Waals surface area contributed by atoms with Gasteiger partial charge in [0.25, 0.3) is 5.89 Å². The smallest absolute Gasteiger partial charge is 0.407 e. The molecule has 3 atom stereocenters. The Kier molecular flexibility index (Phi) is 9.82. The van der Waals surface area contributed by atoms with Crippen LogP contribution in [0.25, 0.3) is 0 Å². The number of nitrogens with zero attached hydrogens (tertiary/aromatic N) is 3. The summed E-state index contributed by atoms with van der Waals surface area (Å²) >= 11 is 0. The summed E-state index contributed by atoms with van der Waals surface area (Å²) in [7, 11) is 1.20. The van der Waals surface area contributed by atoms with E-state index in [0.717, 1.165) is 12.1 Å². The van der Waals surface area contributed by atoms with Gasteiger partial charge >= 0.3 is 6.09 Å². The van der Waals surface area contributed by atoms with Crippen LogP contribution in [0.3, 0.4) is 0 Å². The minimum atomic E-state index is -1.18. The number of halogens is 2. The fourth-order valence-corrected chi connectivity index (χ4v) is 4.79. The lowest BCUT2D eigenvalue weighted by molar-refractivity contribution is -0.141. The number of likely N-dealkylation sites (tertiary alicyclic amines) is 1. The predicted molar refractivity (Wildman–Crippen MR) is 143 cm³/mol. The van der Waals surface area contributed by atoms with Crippen molar-refractivity contribution in [1.82, 2.24) is 25.7 Å². The Morgan fingerprint density at radius 2 is 1.71 bits per heavy atom. The number of ketones is 1. The number of aromatic nitrogens is 2. The SMILES string of the molecule is COC(=O)N[C@H](C(=O)N1CCC[C@H]1C(=O)NC(C(=O)c1nnc(C(C)(C)c2ccc(F)cc2F)o1)C(C)C)C(C)C. The second-order valence-corrected chi connectivity index (χ2v) is 11.3. The third-order valence-corrected chi connectivity index (χ3v) is 7.25. The molecule has 1 aliphatic rings. The quantitative estimate of drug-likeness (QED) is 0.409. The highest BCUT2D eigenvalue weighted by Crippen LogP contribution is 2.33. The molecule has 1 unspecified atom stereocenters. The number of methoxy groups -OCH3 is 1. The van der Waals surface area contributed by atoms with Crippen LogP contribution in [0.2, 0.25) is 0 Å². The van der Waals surface area contributed by atoms with Crippen LogP contribution in [0.1, 0.15) is 76.5 Å². The van der Waals surface area contributed by atoms with Gasteiger partial charge in [0, 0.05) is 18.2 Å². The largest absolute Gasteiger partial charge is 0.453 e. The lowest BCUT2D eigenvalue weighted by Gasteiger charge is -2.31. The standard InChI is InChI=1S/C28H37F2N5O6/c1-14(2)20(22(36)24-33-34-26(41-24)28(5,6)17-11-10-16(29)13-18(17)30)31-23(37)19-9-8-12-35(19)25(38)21(15(3)4)32-27(39)40-7/h10-11,13-15,19-21H,8-9,12H2,1-7H3,(H,31,37)(H,32,39)/t19-,20?,21-/m0/s1. The fraction of sp³-hybridized carbons (Fsp3) is 0.571. The molecular weight excluding hydrogens is 540 g/mol. The van der Waals surface area contributed by atoms with Gasteiger partial charge in [-0.2, -0.15) is 0 Å². The number of ether oxygens (including phenoxy) is 1. The van der Waals surface area contributed by atoms with Crippen molar-refractivity contribution in [3.63, 3.8) is 0 Å². The molecule has 0 spiro atoms. The minimum absolute atomic E-state index is 0.0643. The predicted octanol–water partition coefficient (Wildman–Crippen LogP) is 3.37. The van der Waals surface area contributed by atoms with Crippen LogP contribution in [-0.2, 0) is 19.7 Å². The van der Waals surface area contributed by atoms with E-state index in [9.17, 15) is 28.0 Å². The molecule has 1 aromatic heterocycles. The molecule has 224 valence electrons. The number of nitrogens with one attached hydrogen (secondary N) is 2. The molecular formula is C28H37F2N5O6. The molecule has 1 aromatic carbocycles. The van der Waals surface area contributed by atoms with Crippen LogP contribution >= 0.6 is 0 Å². The molecule has 1 aliphatic heterocycles. The highest BCUT2D eigenvalue weighted by atomic mass is 19.1. The topological polar surface area (TPSA) is 144 Å². The molecule has 2 N–H and O–H groups in total. The van der Waals surface area contributed by atoms with Gasteiger partial charge in [0.15, 0.2) is 0 Å². The maximum atomic E-state index is 14.5. The van der Waals surface area contributed by atoms with E-state index in [1.54, 1.807) is 41.5 Å². The van der Waals surface area contributed by atoms with Gasteiger partial charge in [0.05, 0.1) is 18.6 Å². The van der Waals surface area contributed by atoms with E-state index in [1.165, 1.54) is 18.1 Å². The van der Waals surface area contributed by atoms with E-state index in [4.69, 9.17) is 4.42 Å². The Bertz CT molecular complexity index is 1290. The van der Waals surface area contributed by atoms with Crippen molar-refractivity contribution in [3.8, 4) is 0 Å². The number of hydrogen-bond donors (Lipinski definition) is 2. The van der Waals surface area contributed by atoms with Gasteiger partial charge in [0.1, 0.15) is 23.7 Å². The van der Waals surface area contributed by atoms with E-state index < -0.39 is 58.9 Å². The molecule has 11 nitrogen and oxygen atoms in total. The molecule has 1 fully saturated rings. The first-order chi connectivity index (χ1) is 19.2. The van der Waals surface area contributed by atoms with Gasteiger partial charge in [-0.15, -0.1) is 10.2 Å². The van der Waals surface area contributed by atoms with E-state index in [-0.39, 0.29) is 29.2 Å². The summed E-state index contributed by atoms with van der Waals surface area (Å²) in [6, 6.07) is 0.315. The third-order valence-electron chi connectivity index (χ3n) is 7.25. The zero-order valence-corrected chi connectivity index (χ0v) is 24.3. The first-order valence-electron chi connectivity index (χ1n) is 13.5. The summed E-state index contributed by atoms with van der Waals surface area (Å²) in [5.41, 5.74) is -1.09. The number of benzene rings is 1. The van der Waals surface area contributed by atoms with E-state index in [1.807, 2.05) is 0 Å². The number of alkyl carbamates (subject to hydrolysis) is 1. The molecule has 41 heavy (non-hydrogen) atoms. The summed E-state index contributed by atoms with van der Waals surface area (Å²) in [4.78, 5) is 53.3. The number of carbonyl (C=O) groups is 4. The van der Waals surface area contributed by atoms with Crippen molar-refractivity contribution in [2.75, 3.05) is 13.7 Å². The minimum Gasteiger partial charge on any atom is -0.453 e. The lowest BCUT2D eigenvalue weighted by Crippen LogP contribution is -2.57. The Morgan fingerprint density at radius 3 is 2.29 bits per heavy atom. The molecule has 2 aromatic rings. The van der Waals surface area contributed by atoms with Crippen molar-refractivity contribution in [2.45, 2.75) is 77.9 Å². The molecule has 0 saturated carbocycles. The van der Waals surface area contributed by atoms with Crippen molar-refractivity contribution in [3.05, 3.63) is 47.2 Å². The first kappa shape index (κ1) is 31.6. The van der Waals surface area contributed by atoms with Gasteiger partial charge in [-0.3, -0.25) is 14.4 Å². The summed E-state index contributed by atoms with van der Waals surface area (Å²) in [5, 5.41) is 13.1. The number of Topliss-reactive ketones (excluding diaryl/α,β-unsaturated/α-hetero) is 1. The fourth-order valence-electron chi connectivity index (χ4n) is 4.79. The number of carbonyl (C=O) groups excluding carboxylic acids is 4. The Hall–Kier alpha value is -3.90. The number of hydrogen-bond acceptors (Lipinski definition) is 8. The van der Waals surface area contributed by atoms with Crippen LogP contribution in [0, 0.1) is 23.5 Å². The monoisotopic (exact) mass is 577 g/mol. The maximum absolute atomic E-state index is 14.5. The highest BCUT2D eigenvalue weighted by molar-refractivity contribution is 6.00. The van der Waals surface area contributed by atoms with Crippen LogP contribution in [0.4, 0.5) is 13.6 Å². The number of amides is 3. The van der Waals surface area contributed by atoms with Crippen LogP contribution in [0.5, 0.6) is 0 Å². The van der Waals surface area contributed by atoms with E-state index in [2.05, 4.69) is 25.6 Å². The Labute approximate surface area is 237 Å². The molecule has 3 rings (SSSR count). The van der Waals surface area contributed by atoms with Gasteiger partial charge in [-0.1, -0.05) is 33.8 Å². The van der Waals surface area contributed by atoms with Gasteiger partial charge in [-0.25, -0.2) is 13.6 Å². The maximum Gasteiger partial charge on any atom is 0.407 e. The van der Waals surface area contributed by atoms with Crippen molar-refractivity contribution < 1.29 is 37.1 Å². The van der Waals surface area contributed by atoms with Gasteiger partial charge < -0.3 is 24.7 Å². The van der Waals surface area contributed by atoms with E-state index in [0.29, 0.717) is 19.4 Å². The van der Waals surface area contributed by atoms with Crippen molar-refractivity contribution in [2.24, 2.45) is 11.8 Å². The molecule has 13 heteroatoms. The molecule has 1 saturated heterocycles. The molecule has 3 amide bonds. The molecule has 0 aliphatic carbocycles. The van der Waals surface area contributed by atoms with Crippen LogP contribution in [0.15, 0.2) is 22.6 Å².